The molecule has 0 unspecified atom stereocenters. The number of ether oxygens (including phenoxy) is 1. The summed E-state index contributed by atoms with van der Waals surface area (Å²) in [5, 5.41) is 11.8. The van der Waals surface area contributed by atoms with Crippen molar-refractivity contribution in [3.63, 3.8) is 0 Å². The standard InChI is InChI=1S/C14H14FN3O2/c1-8-7-9(2)17-14(12(8)13(16)18-19)20-11-5-3-10(15)4-6-11/h3-7,19H,1-2H3,(H2,16,18). The number of benzene rings is 1. The van der Waals surface area contributed by atoms with Gasteiger partial charge < -0.3 is 15.7 Å². The van der Waals surface area contributed by atoms with E-state index in [1.165, 1.54) is 24.3 Å². The number of rotatable bonds is 3. The molecule has 0 aliphatic rings. The van der Waals surface area contributed by atoms with E-state index in [0.717, 1.165) is 11.3 Å². The summed E-state index contributed by atoms with van der Waals surface area (Å²) in [6, 6.07) is 7.31. The molecule has 0 aliphatic carbocycles. The zero-order valence-electron chi connectivity index (χ0n) is 11.1. The second-order valence-corrected chi connectivity index (χ2v) is 4.30. The molecule has 6 heteroatoms. The minimum atomic E-state index is -0.359. The maximum Gasteiger partial charge on any atom is 0.230 e. The van der Waals surface area contributed by atoms with E-state index in [9.17, 15) is 4.39 Å². The number of amidine groups is 1. The molecule has 0 aliphatic heterocycles. The number of pyridine rings is 1. The van der Waals surface area contributed by atoms with Gasteiger partial charge in [0.25, 0.3) is 0 Å². The normalized spacial score (nSPS) is 11.4. The van der Waals surface area contributed by atoms with Gasteiger partial charge in [-0.05, 0) is 49.7 Å². The first-order valence-electron chi connectivity index (χ1n) is 5.91. The third-order valence-electron chi connectivity index (χ3n) is 2.70. The average molecular weight is 275 g/mol. The van der Waals surface area contributed by atoms with Gasteiger partial charge in [0.05, 0.1) is 5.56 Å². The Kier molecular flexibility index (Phi) is 3.84. The van der Waals surface area contributed by atoms with Crippen LogP contribution in [0.25, 0.3) is 0 Å². The number of hydrogen-bond acceptors (Lipinski definition) is 4. The number of nitrogens with two attached hydrogens (primary N) is 1. The molecule has 0 spiro atoms. The molecule has 0 saturated carbocycles. The quantitative estimate of drug-likeness (QED) is 0.390. The van der Waals surface area contributed by atoms with Crippen molar-refractivity contribution in [1.82, 2.24) is 4.98 Å². The van der Waals surface area contributed by atoms with E-state index in [-0.39, 0.29) is 17.5 Å². The van der Waals surface area contributed by atoms with Gasteiger partial charge in [0.2, 0.25) is 5.88 Å². The molecule has 1 aromatic heterocycles. The van der Waals surface area contributed by atoms with Gasteiger partial charge in [-0.1, -0.05) is 5.16 Å². The van der Waals surface area contributed by atoms with Crippen molar-refractivity contribution in [3.8, 4) is 11.6 Å². The molecule has 2 aromatic rings. The molecule has 0 atom stereocenters. The molecule has 1 heterocycles. The van der Waals surface area contributed by atoms with Crippen molar-refractivity contribution in [2.24, 2.45) is 10.9 Å². The number of aromatic nitrogens is 1. The predicted octanol–water partition coefficient (Wildman–Crippen LogP) is 2.72. The maximum atomic E-state index is 12.9. The van der Waals surface area contributed by atoms with E-state index in [0.29, 0.717) is 11.3 Å². The largest absolute Gasteiger partial charge is 0.438 e. The Balaban J connectivity index is 2.47. The van der Waals surface area contributed by atoms with Gasteiger partial charge in [0, 0.05) is 5.69 Å². The van der Waals surface area contributed by atoms with Crippen LogP contribution in [-0.4, -0.2) is 16.0 Å². The molecule has 3 N–H and O–H groups in total. The lowest BCUT2D eigenvalue weighted by Crippen LogP contribution is -2.17. The van der Waals surface area contributed by atoms with Crippen LogP contribution in [0.3, 0.4) is 0 Å². The lowest BCUT2D eigenvalue weighted by molar-refractivity contribution is 0.318. The summed E-state index contributed by atoms with van der Waals surface area (Å²) in [6.07, 6.45) is 0. The van der Waals surface area contributed by atoms with Crippen molar-refractivity contribution in [2.75, 3.05) is 0 Å². The predicted molar refractivity (Wildman–Crippen MR) is 72.7 cm³/mol. The van der Waals surface area contributed by atoms with Crippen LogP contribution in [0.4, 0.5) is 4.39 Å². The molecule has 0 saturated heterocycles. The molecule has 104 valence electrons. The van der Waals surface area contributed by atoms with Crippen LogP contribution < -0.4 is 10.5 Å². The minimum absolute atomic E-state index is 0.0906. The van der Waals surface area contributed by atoms with Gasteiger partial charge in [0.1, 0.15) is 11.6 Å². The van der Waals surface area contributed by atoms with Crippen molar-refractivity contribution >= 4 is 5.84 Å². The van der Waals surface area contributed by atoms with Crippen LogP contribution in [0.2, 0.25) is 0 Å². The number of halogens is 1. The van der Waals surface area contributed by atoms with Crippen LogP contribution in [0, 0.1) is 19.7 Å². The highest BCUT2D eigenvalue weighted by atomic mass is 19.1. The number of oxime groups is 1. The first-order chi connectivity index (χ1) is 9.51. The highest BCUT2D eigenvalue weighted by Crippen LogP contribution is 2.26. The van der Waals surface area contributed by atoms with Crippen LogP contribution >= 0.6 is 0 Å². The molecular weight excluding hydrogens is 261 g/mol. The van der Waals surface area contributed by atoms with Crippen LogP contribution in [-0.2, 0) is 0 Å². The molecule has 0 bridgehead atoms. The Labute approximate surface area is 115 Å². The first kappa shape index (κ1) is 13.8. The third kappa shape index (κ3) is 2.85. The molecule has 5 nitrogen and oxygen atoms in total. The molecule has 0 radical (unpaired) electrons. The van der Waals surface area contributed by atoms with Crippen LogP contribution in [0.15, 0.2) is 35.5 Å². The lowest BCUT2D eigenvalue weighted by Gasteiger charge is -2.12. The number of hydrogen-bond donors (Lipinski definition) is 2. The topological polar surface area (TPSA) is 80.7 Å². The van der Waals surface area contributed by atoms with Gasteiger partial charge in [-0.15, -0.1) is 0 Å². The zero-order chi connectivity index (χ0) is 14.7. The smallest absolute Gasteiger partial charge is 0.230 e. The van der Waals surface area contributed by atoms with Gasteiger partial charge in [-0.25, -0.2) is 9.37 Å². The Morgan fingerprint density at radius 2 is 1.95 bits per heavy atom. The molecule has 1 aromatic carbocycles. The summed E-state index contributed by atoms with van der Waals surface area (Å²) in [4.78, 5) is 4.23. The number of aryl methyl sites for hydroxylation is 2. The van der Waals surface area contributed by atoms with Crippen LogP contribution in [0.5, 0.6) is 11.6 Å². The molecule has 0 fully saturated rings. The monoisotopic (exact) mass is 275 g/mol. The average Bonchev–Trinajstić information content (AvgIpc) is 2.40. The Bertz CT molecular complexity index is 654. The van der Waals surface area contributed by atoms with Gasteiger partial charge in [-0.3, -0.25) is 0 Å². The Morgan fingerprint density at radius 3 is 2.55 bits per heavy atom. The van der Waals surface area contributed by atoms with E-state index in [4.69, 9.17) is 15.7 Å². The minimum Gasteiger partial charge on any atom is -0.438 e. The summed E-state index contributed by atoms with van der Waals surface area (Å²) in [5.41, 5.74) is 7.55. The molecule has 0 amide bonds. The van der Waals surface area contributed by atoms with Crippen molar-refractivity contribution in [3.05, 3.63) is 53.0 Å². The van der Waals surface area contributed by atoms with Gasteiger partial charge in [-0.2, -0.15) is 0 Å². The van der Waals surface area contributed by atoms with Gasteiger partial charge >= 0.3 is 0 Å². The van der Waals surface area contributed by atoms with E-state index in [1.54, 1.807) is 19.9 Å². The first-order valence-corrected chi connectivity index (χ1v) is 5.91. The molecule has 2 rings (SSSR count). The number of nitrogens with zero attached hydrogens (tertiary/aromatic N) is 2. The highest BCUT2D eigenvalue weighted by Gasteiger charge is 2.15. The summed E-state index contributed by atoms with van der Waals surface area (Å²) >= 11 is 0. The maximum absolute atomic E-state index is 12.9. The third-order valence-corrected chi connectivity index (χ3v) is 2.70. The van der Waals surface area contributed by atoms with E-state index in [2.05, 4.69) is 10.1 Å². The molecular formula is C14H14FN3O2. The second-order valence-electron chi connectivity index (χ2n) is 4.30. The highest BCUT2D eigenvalue weighted by molar-refractivity contribution is 6.00. The summed E-state index contributed by atoms with van der Waals surface area (Å²) in [5.74, 6) is 0.176. The second kappa shape index (κ2) is 5.56. The lowest BCUT2D eigenvalue weighted by atomic mass is 10.1. The molecule has 20 heavy (non-hydrogen) atoms. The van der Waals surface area contributed by atoms with E-state index < -0.39 is 0 Å². The van der Waals surface area contributed by atoms with Crippen molar-refractivity contribution < 1.29 is 14.3 Å². The van der Waals surface area contributed by atoms with Gasteiger partial charge in [0.15, 0.2) is 5.84 Å². The Hall–Kier alpha value is -2.63. The van der Waals surface area contributed by atoms with Crippen molar-refractivity contribution in [2.45, 2.75) is 13.8 Å². The summed E-state index contributed by atoms with van der Waals surface area (Å²) in [6.45, 7) is 3.61. The fourth-order valence-corrected chi connectivity index (χ4v) is 1.85. The summed E-state index contributed by atoms with van der Waals surface area (Å²) < 4.78 is 18.5. The fraction of sp³-hybridized carbons (Fsp3) is 0.143. The van der Waals surface area contributed by atoms with Crippen LogP contribution in [0.1, 0.15) is 16.8 Å². The van der Waals surface area contributed by atoms with Crippen molar-refractivity contribution in [1.29, 1.82) is 0 Å². The SMILES string of the molecule is Cc1cc(C)c(/C(N)=N/O)c(Oc2ccc(F)cc2)n1. The summed E-state index contributed by atoms with van der Waals surface area (Å²) in [7, 11) is 0. The Morgan fingerprint density at radius 1 is 1.30 bits per heavy atom. The fourth-order valence-electron chi connectivity index (χ4n) is 1.85. The van der Waals surface area contributed by atoms with E-state index >= 15 is 0 Å². The zero-order valence-corrected chi connectivity index (χ0v) is 11.1. The van der Waals surface area contributed by atoms with E-state index in [1.807, 2.05) is 0 Å².